The largest absolute Gasteiger partial charge is 0.438 e. The summed E-state index contributed by atoms with van der Waals surface area (Å²) in [6.45, 7) is 0. The number of non-ortho nitro benzene ring substituents is 1. The van der Waals surface area contributed by atoms with Crippen LogP contribution in [0.3, 0.4) is 0 Å². The molecular weight excluding hydrogens is 360 g/mol. The number of rotatable bonds is 3. The molecule has 0 aliphatic carbocycles. The van der Waals surface area contributed by atoms with E-state index in [4.69, 9.17) is 16.3 Å². The van der Waals surface area contributed by atoms with Crippen molar-refractivity contribution in [3.05, 3.63) is 44.3 Å². The highest BCUT2D eigenvalue weighted by molar-refractivity contribution is 14.2. The summed E-state index contributed by atoms with van der Waals surface area (Å²) in [7, 11) is 0. The fraction of sp³-hybridized carbons (Fsp3) is 0. The second kappa shape index (κ2) is 5.32. The molecule has 0 fully saturated rings. The van der Waals surface area contributed by atoms with Crippen molar-refractivity contribution in [2.45, 2.75) is 0 Å². The summed E-state index contributed by atoms with van der Waals surface area (Å²) in [5, 5.41) is 10.7. The molecule has 0 amide bonds. The predicted octanol–water partition coefficient (Wildman–Crippen LogP) is 3.54. The van der Waals surface area contributed by atoms with Gasteiger partial charge in [0.2, 0.25) is 11.2 Å². The summed E-state index contributed by atoms with van der Waals surface area (Å²) in [5.74, 6) is 0.683. The summed E-state index contributed by atoms with van der Waals surface area (Å²) < 4.78 is 11.0. The molecule has 0 saturated carbocycles. The monoisotopic (exact) mass is 365 g/mol. The van der Waals surface area contributed by atoms with Crippen LogP contribution in [0.15, 0.2) is 42.4 Å². The Hall–Kier alpha value is -1.35. The number of nitrogens with zero attached hydrogens (tertiary/aromatic N) is 3. The second-order valence-corrected chi connectivity index (χ2v) is 4.87. The van der Waals surface area contributed by atoms with E-state index in [-0.39, 0.29) is 11.0 Å². The number of aliphatic imine (C=N–C) groups is 1. The summed E-state index contributed by atoms with van der Waals surface area (Å²) in [6, 6.07) is 5.87. The minimum atomic E-state index is -0.543. The highest BCUT2D eigenvalue weighted by Gasteiger charge is 2.09. The number of nitro benzene ring substituents is 1. The van der Waals surface area contributed by atoms with Crippen LogP contribution in [0.2, 0.25) is 0 Å². The van der Waals surface area contributed by atoms with Gasteiger partial charge in [-0.1, -0.05) is 6.07 Å². The van der Waals surface area contributed by atoms with E-state index in [1.54, 1.807) is 16.2 Å². The van der Waals surface area contributed by atoms with Crippen molar-refractivity contribution in [1.29, 1.82) is 0 Å². The topological polar surface area (TPSA) is 77.1 Å². The molecule has 0 atom stereocenters. The Bertz CT molecular complexity index is 556. The van der Waals surface area contributed by atoms with Crippen molar-refractivity contribution in [2.24, 2.45) is 8.14 Å². The zero-order valence-electron chi connectivity index (χ0n) is 8.21. The van der Waals surface area contributed by atoms with Gasteiger partial charge in [-0.15, -0.1) is 0 Å². The number of ether oxygens (including phenoxy) is 1. The number of halogens is 2. The lowest BCUT2D eigenvalue weighted by Gasteiger charge is -2.06. The van der Waals surface area contributed by atoms with Gasteiger partial charge in [0.15, 0.2) is 0 Å². The van der Waals surface area contributed by atoms with Crippen LogP contribution < -0.4 is 4.74 Å². The van der Waals surface area contributed by atoms with Crippen LogP contribution >= 0.6 is 32.6 Å². The first-order valence-corrected chi connectivity index (χ1v) is 6.94. The van der Waals surface area contributed by atoms with Gasteiger partial charge < -0.3 is 4.74 Å². The van der Waals surface area contributed by atoms with Gasteiger partial charge >= 0.3 is 0 Å². The fourth-order valence-electron chi connectivity index (χ4n) is 1.07. The van der Waals surface area contributed by atoms with E-state index in [0.717, 1.165) is 0 Å². The summed E-state index contributed by atoms with van der Waals surface area (Å²) >= 11 is 5.10. The maximum absolute atomic E-state index is 10.6. The highest BCUT2D eigenvalue weighted by atomic mass is 127. The molecule has 1 aliphatic rings. The normalized spacial score (nSPS) is 14.4. The molecule has 1 aromatic rings. The zero-order valence-corrected chi connectivity index (χ0v) is 11.1. The van der Waals surface area contributed by atoms with Gasteiger partial charge in [0.25, 0.3) is 5.69 Å². The minimum absolute atomic E-state index is 0.0339. The van der Waals surface area contributed by atoms with E-state index in [0.29, 0.717) is 11.6 Å². The van der Waals surface area contributed by atoms with Crippen molar-refractivity contribution < 1.29 is 9.66 Å². The number of nitro groups is 1. The molecule has 0 radical (unpaired) electrons. The van der Waals surface area contributed by atoms with Crippen LogP contribution in [0.4, 0.5) is 5.69 Å². The van der Waals surface area contributed by atoms with Crippen LogP contribution in [0.25, 0.3) is 0 Å². The minimum Gasteiger partial charge on any atom is -0.438 e. The number of hydrogen-bond acceptors (Lipinski definition) is 5. The molecule has 1 aromatic carbocycles. The standard InChI is InChI=1S/C9H5ClIN3O3/c10-9-12-8(5-11-13-9)17-7-3-1-2-6(4-7)14(15)16/h1-5H. The molecule has 2 rings (SSSR count). The Morgan fingerprint density at radius 1 is 1.47 bits per heavy atom. The van der Waals surface area contributed by atoms with Gasteiger partial charge in [-0.3, -0.25) is 10.1 Å². The summed E-state index contributed by atoms with van der Waals surface area (Å²) in [5.41, 5.74) is -0.0339. The molecule has 0 unspecified atom stereocenters. The Morgan fingerprint density at radius 2 is 2.29 bits per heavy atom. The lowest BCUT2D eigenvalue weighted by molar-refractivity contribution is -0.384. The van der Waals surface area contributed by atoms with Crippen LogP contribution in [0, 0.1) is 10.1 Å². The molecule has 0 spiro atoms. The molecule has 17 heavy (non-hydrogen) atoms. The molecule has 0 saturated heterocycles. The van der Waals surface area contributed by atoms with Gasteiger partial charge in [0, 0.05) is 27.1 Å². The molecule has 88 valence electrons. The Balaban J connectivity index is 2.20. The lowest BCUT2D eigenvalue weighted by atomic mass is 10.3. The van der Waals surface area contributed by atoms with E-state index >= 15 is 0 Å². The molecule has 1 aliphatic heterocycles. The van der Waals surface area contributed by atoms with Crippen LogP contribution in [0.1, 0.15) is 0 Å². The SMILES string of the molecule is O=[N+]([O-])c1cccc(OC2=CI=NC(Cl)=N2)c1. The van der Waals surface area contributed by atoms with Gasteiger partial charge in [-0.05, 0) is 17.7 Å². The van der Waals surface area contributed by atoms with Crippen molar-refractivity contribution in [3.8, 4) is 5.75 Å². The van der Waals surface area contributed by atoms with E-state index in [1.165, 1.54) is 12.1 Å². The van der Waals surface area contributed by atoms with E-state index < -0.39 is 26.0 Å². The van der Waals surface area contributed by atoms with Crippen LogP contribution in [0.5, 0.6) is 5.75 Å². The maximum atomic E-state index is 10.6. The molecular formula is C9H5ClIN3O3. The third-order valence-electron chi connectivity index (χ3n) is 1.71. The number of benzene rings is 1. The van der Waals surface area contributed by atoms with Gasteiger partial charge in [-0.25, -0.2) is 0 Å². The fourth-order valence-corrected chi connectivity index (χ4v) is 2.38. The Labute approximate surface area is 111 Å². The van der Waals surface area contributed by atoms with Gasteiger partial charge in [0.05, 0.1) is 15.1 Å². The van der Waals surface area contributed by atoms with Crippen LogP contribution in [-0.4, -0.2) is 10.2 Å². The third kappa shape index (κ3) is 3.30. The average molecular weight is 366 g/mol. The van der Waals surface area contributed by atoms with Gasteiger partial charge in [0.1, 0.15) is 5.75 Å². The molecule has 1 heterocycles. The van der Waals surface area contributed by atoms with E-state index in [2.05, 4.69) is 8.14 Å². The first-order chi connectivity index (χ1) is 8.15. The maximum Gasteiger partial charge on any atom is 0.273 e. The predicted molar refractivity (Wildman–Crippen MR) is 71.5 cm³/mol. The molecule has 0 bridgehead atoms. The molecule has 8 heteroatoms. The first-order valence-electron chi connectivity index (χ1n) is 4.35. The molecule has 0 aromatic heterocycles. The summed E-state index contributed by atoms with van der Waals surface area (Å²) in [6.07, 6.45) is 0. The smallest absolute Gasteiger partial charge is 0.273 e. The third-order valence-corrected chi connectivity index (χ3v) is 3.72. The number of hydrogen-bond donors (Lipinski definition) is 0. The Kier molecular flexibility index (Phi) is 3.79. The highest BCUT2D eigenvalue weighted by Crippen LogP contribution is 2.24. The zero-order chi connectivity index (χ0) is 12.3. The molecule has 6 nitrogen and oxygen atoms in total. The molecule has 0 N–H and O–H groups in total. The quantitative estimate of drug-likeness (QED) is 0.356. The van der Waals surface area contributed by atoms with E-state index in [1.807, 2.05) is 0 Å². The van der Waals surface area contributed by atoms with Crippen molar-refractivity contribution in [3.63, 3.8) is 0 Å². The average Bonchev–Trinajstić information content (AvgIpc) is 2.29. The Morgan fingerprint density at radius 3 is 3.00 bits per heavy atom. The van der Waals surface area contributed by atoms with Crippen molar-refractivity contribution in [1.82, 2.24) is 0 Å². The van der Waals surface area contributed by atoms with Crippen LogP contribution in [-0.2, 0) is 0 Å². The van der Waals surface area contributed by atoms with Gasteiger partial charge in [-0.2, -0.15) is 8.14 Å². The lowest BCUT2D eigenvalue weighted by Crippen LogP contribution is -1.96. The summed E-state index contributed by atoms with van der Waals surface area (Å²) in [4.78, 5) is 14.0. The van der Waals surface area contributed by atoms with E-state index in [9.17, 15) is 10.1 Å². The number of amidine groups is 1. The second-order valence-electron chi connectivity index (χ2n) is 2.87. The first kappa shape index (κ1) is 12.1. The van der Waals surface area contributed by atoms with Crippen molar-refractivity contribution in [2.75, 3.05) is 0 Å². The van der Waals surface area contributed by atoms with Crippen molar-refractivity contribution >= 4 is 43.6 Å².